The van der Waals surface area contributed by atoms with Gasteiger partial charge in [-0.3, -0.25) is 9.59 Å². The van der Waals surface area contributed by atoms with Crippen molar-refractivity contribution in [3.8, 4) is 0 Å². The third-order valence-electron chi connectivity index (χ3n) is 5.81. The molecule has 0 aliphatic carbocycles. The monoisotopic (exact) mass is 542 g/mol. The van der Waals surface area contributed by atoms with Crippen LogP contribution < -0.4 is 0 Å². The van der Waals surface area contributed by atoms with E-state index in [4.69, 9.17) is 9.47 Å². The number of carbonyl (C=O) groups excluding carboxylic acids is 2. The molecule has 1 N–H and O–H groups in total. The molecule has 0 bridgehead atoms. The Labute approximate surface area is 238 Å². The van der Waals surface area contributed by atoms with E-state index in [9.17, 15) is 14.7 Å². The molecule has 0 rings (SSSR count). The van der Waals surface area contributed by atoms with E-state index in [1.165, 1.54) is 0 Å². The van der Waals surface area contributed by atoms with Crippen LogP contribution in [0, 0.1) is 0 Å². The van der Waals surface area contributed by atoms with Crippen LogP contribution in [0.25, 0.3) is 0 Å². The van der Waals surface area contributed by atoms with Gasteiger partial charge in [0.15, 0.2) is 6.10 Å². The highest BCUT2D eigenvalue weighted by Crippen LogP contribution is 2.09. The van der Waals surface area contributed by atoms with E-state index < -0.39 is 6.10 Å². The molecule has 0 fully saturated rings. The molecule has 0 aliphatic heterocycles. The van der Waals surface area contributed by atoms with Crippen LogP contribution in [-0.2, 0) is 19.1 Å². The van der Waals surface area contributed by atoms with Gasteiger partial charge in [-0.15, -0.1) is 0 Å². The van der Waals surface area contributed by atoms with Crippen molar-refractivity contribution in [1.29, 1.82) is 0 Å². The molecule has 5 heteroatoms. The van der Waals surface area contributed by atoms with Crippen LogP contribution in [0.1, 0.15) is 110 Å². The lowest BCUT2D eigenvalue weighted by molar-refractivity contribution is -0.161. The summed E-state index contributed by atoms with van der Waals surface area (Å²) in [5, 5.41) is 9.46. The molecular weight excluding hydrogens is 488 g/mol. The minimum atomic E-state index is -0.800. The van der Waals surface area contributed by atoms with Gasteiger partial charge in [0.25, 0.3) is 0 Å². The summed E-state index contributed by atoms with van der Waals surface area (Å²) in [6, 6.07) is 0. The van der Waals surface area contributed by atoms with Crippen molar-refractivity contribution in [3.63, 3.8) is 0 Å². The molecule has 39 heavy (non-hydrogen) atoms. The average molecular weight is 543 g/mol. The number of hydrogen-bond donors (Lipinski definition) is 1. The Morgan fingerprint density at radius 3 is 1.87 bits per heavy atom. The van der Waals surface area contributed by atoms with Gasteiger partial charge in [-0.05, 0) is 64.2 Å². The zero-order valence-electron chi connectivity index (χ0n) is 24.6. The Balaban J connectivity index is 3.74. The first-order valence-corrected chi connectivity index (χ1v) is 15.0. The second-order valence-corrected chi connectivity index (χ2v) is 9.47. The van der Waals surface area contributed by atoms with Crippen molar-refractivity contribution in [2.75, 3.05) is 13.2 Å². The van der Waals surface area contributed by atoms with Gasteiger partial charge in [0.1, 0.15) is 6.61 Å². The zero-order chi connectivity index (χ0) is 28.7. The maximum atomic E-state index is 12.0. The van der Waals surface area contributed by atoms with E-state index in [0.29, 0.717) is 12.8 Å². The van der Waals surface area contributed by atoms with Crippen molar-refractivity contribution >= 4 is 11.9 Å². The van der Waals surface area contributed by atoms with Crippen LogP contribution in [0.2, 0.25) is 0 Å². The lowest BCUT2D eigenvalue weighted by atomic mass is 10.1. The summed E-state index contributed by atoms with van der Waals surface area (Å²) in [5.74, 6) is -0.674. The predicted octanol–water partition coefficient (Wildman–Crippen LogP) is 8.66. The second kappa shape index (κ2) is 29.9. The average Bonchev–Trinajstić information content (AvgIpc) is 2.94. The highest BCUT2D eigenvalue weighted by Gasteiger charge is 2.15. The van der Waals surface area contributed by atoms with Gasteiger partial charge >= 0.3 is 11.9 Å². The summed E-state index contributed by atoms with van der Waals surface area (Å²) in [6.07, 6.45) is 38.1. The van der Waals surface area contributed by atoms with E-state index in [1.807, 2.05) is 6.08 Å². The molecule has 0 saturated heterocycles. The normalized spacial score (nSPS) is 13.2. The molecule has 0 heterocycles. The fourth-order valence-electron chi connectivity index (χ4n) is 3.56. The summed E-state index contributed by atoms with van der Waals surface area (Å²) in [6.45, 7) is 3.79. The van der Waals surface area contributed by atoms with E-state index >= 15 is 0 Å². The fourth-order valence-corrected chi connectivity index (χ4v) is 3.56. The van der Waals surface area contributed by atoms with Gasteiger partial charge in [-0.25, -0.2) is 0 Å². The lowest BCUT2D eigenvalue weighted by Crippen LogP contribution is -2.28. The Bertz CT molecular complexity index is 758. The van der Waals surface area contributed by atoms with Crippen molar-refractivity contribution < 1.29 is 24.2 Å². The van der Waals surface area contributed by atoms with Crippen molar-refractivity contribution in [2.45, 2.75) is 116 Å². The smallest absolute Gasteiger partial charge is 0.306 e. The standard InChI is InChI=1S/C34H54O5/c1-3-5-7-9-11-13-15-17-19-20-22-24-26-28-33(36)38-31-32(30-35)39-34(37)29-27-25-23-21-18-16-14-12-10-8-6-4-2/h5-9,11-15,18,21,32,35H,3-4,10,16-17,19-20,22-31H2,1-2H3/b7-5+,8-6+,11-9+,14-12+,15-13+,21-18+. The van der Waals surface area contributed by atoms with Crippen molar-refractivity contribution in [1.82, 2.24) is 0 Å². The van der Waals surface area contributed by atoms with E-state index in [1.54, 1.807) is 0 Å². The minimum Gasteiger partial charge on any atom is -0.462 e. The number of rotatable bonds is 25. The molecule has 0 radical (unpaired) electrons. The first kappa shape index (κ1) is 36.3. The second-order valence-electron chi connectivity index (χ2n) is 9.47. The quantitative estimate of drug-likeness (QED) is 0.0541. The molecule has 1 atom stereocenters. The van der Waals surface area contributed by atoms with Crippen LogP contribution in [-0.4, -0.2) is 36.4 Å². The van der Waals surface area contributed by atoms with E-state index in [-0.39, 0.29) is 25.2 Å². The molecular formula is C34H54O5. The summed E-state index contributed by atoms with van der Waals surface area (Å²) in [5.41, 5.74) is 0. The Hall–Kier alpha value is -2.66. The first-order valence-electron chi connectivity index (χ1n) is 15.0. The first-order chi connectivity index (χ1) is 19.1. The molecule has 0 aromatic rings. The summed E-state index contributed by atoms with van der Waals surface area (Å²) in [7, 11) is 0. The van der Waals surface area contributed by atoms with E-state index in [2.05, 4.69) is 80.7 Å². The molecule has 0 aromatic heterocycles. The molecule has 1 unspecified atom stereocenters. The van der Waals surface area contributed by atoms with Crippen LogP contribution in [0.5, 0.6) is 0 Å². The van der Waals surface area contributed by atoms with Gasteiger partial charge in [-0.1, -0.05) is 106 Å². The number of aliphatic hydroxyl groups excluding tert-OH is 1. The topological polar surface area (TPSA) is 72.8 Å². The molecule has 5 nitrogen and oxygen atoms in total. The Morgan fingerprint density at radius 1 is 0.615 bits per heavy atom. The number of carbonyl (C=O) groups is 2. The molecule has 0 saturated carbocycles. The van der Waals surface area contributed by atoms with Gasteiger partial charge in [0.05, 0.1) is 6.61 Å². The number of ether oxygens (including phenoxy) is 2. The molecule has 0 aromatic carbocycles. The zero-order valence-corrected chi connectivity index (χ0v) is 24.6. The Morgan fingerprint density at radius 2 is 1.15 bits per heavy atom. The maximum Gasteiger partial charge on any atom is 0.306 e. The number of unbranched alkanes of at least 4 members (excludes halogenated alkanes) is 7. The lowest BCUT2D eigenvalue weighted by Gasteiger charge is -2.15. The van der Waals surface area contributed by atoms with Crippen molar-refractivity contribution in [3.05, 3.63) is 72.9 Å². The summed E-state index contributed by atoms with van der Waals surface area (Å²) in [4.78, 5) is 24.0. The van der Waals surface area contributed by atoms with Gasteiger partial charge in [0, 0.05) is 12.8 Å². The predicted molar refractivity (Wildman–Crippen MR) is 163 cm³/mol. The summed E-state index contributed by atoms with van der Waals surface area (Å²) >= 11 is 0. The number of hydrogen-bond acceptors (Lipinski definition) is 5. The molecule has 220 valence electrons. The third-order valence-corrected chi connectivity index (χ3v) is 5.81. The SMILES string of the molecule is CC/C=C/C=C/C=C/CCCCCCCC(=O)OCC(CO)OC(=O)CCCC/C=C/C/C=C/C/C=C/CC. The highest BCUT2D eigenvalue weighted by atomic mass is 16.6. The van der Waals surface area contributed by atoms with Crippen LogP contribution in [0.3, 0.4) is 0 Å². The third kappa shape index (κ3) is 28.2. The fraction of sp³-hybridized carbons (Fsp3) is 0.588. The number of allylic oxidation sites excluding steroid dienone is 12. The van der Waals surface area contributed by atoms with Gasteiger partial charge in [0.2, 0.25) is 0 Å². The molecule has 0 aliphatic rings. The van der Waals surface area contributed by atoms with Crippen LogP contribution in [0.15, 0.2) is 72.9 Å². The molecule has 0 spiro atoms. The molecule has 0 amide bonds. The van der Waals surface area contributed by atoms with E-state index in [0.717, 1.165) is 83.5 Å². The van der Waals surface area contributed by atoms with Crippen molar-refractivity contribution in [2.24, 2.45) is 0 Å². The largest absolute Gasteiger partial charge is 0.462 e. The summed E-state index contributed by atoms with van der Waals surface area (Å²) < 4.78 is 10.5. The van der Waals surface area contributed by atoms with Crippen LogP contribution >= 0.6 is 0 Å². The van der Waals surface area contributed by atoms with Gasteiger partial charge < -0.3 is 14.6 Å². The van der Waals surface area contributed by atoms with Crippen LogP contribution in [0.4, 0.5) is 0 Å². The Kier molecular flexibility index (Phi) is 27.9. The highest BCUT2D eigenvalue weighted by molar-refractivity contribution is 5.70. The maximum absolute atomic E-state index is 12.0. The number of esters is 2. The number of aliphatic hydroxyl groups is 1. The van der Waals surface area contributed by atoms with Gasteiger partial charge in [-0.2, -0.15) is 0 Å². The minimum absolute atomic E-state index is 0.0966.